The number of amidine groups is 1. The summed E-state index contributed by atoms with van der Waals surface area (Å²) < 4.78 is 5.32. The van der Waals surface area contributed by atoms with Gasteiger partial charge < -0.3 is 4.42 Å². The molecule has 5 heteroatoms. The molecule has 0 unspecified atom stereocenters. The minimum Gasteiger partial charge on any atom is -0.465 e. The molecule has 1 aliphatic heterocycles. The van der Waals surface area contributed by atoms with Crippen molar-refractivity contribution < 1.29 is 9.21 Å². The van der Waals surface area contributed by atoms with Gasteiger partial charge in [-0.3, -0.25) is 9.69 Å². The lowest BCUT2D eigenvalue weighted by molar-refractivity contribution is -0.113. The van der Waals surface area contributed by atoms with Crippen LogP contribution in [0.25, 0.3) is 6.08 Å². The van der Waals surface area contributed by atoms with Gasteiger partial charge in [-0.1, -0.05) is 41.4 Å². The third-order valence-electron chi connectivity index (χ3n) is 4.08. The molecule has 2 heterocycles. The number of hydrogen-bond donors (Lipinski definition) is 0. The largest absolute Gasteiger partial charge is 0.465 e. The maximum Gasteiger partial charge on any atom is 0.282 e. The molecule has 128 valence electrons. The summed E-state index contributed by atoms with van der Waals surface area (Å²) in [4.78, 5) is 19.2. The molecule has 0 saturated heterocycles. The van der Waals surface area contributed by atoms with Crippen LogP contribution in [0.5, 0.6) is 0 Å². The predicted octanol–water partition coefficient (Wildman–Crippen LogP) is 5.08. The normalized spacial score (nSPS) is 15.6. The number of carbonyl (C=O) groups is 1. The van der Waals surface area contributed by atoms with Crippen LogP contribution >= 0.6 is 11.6 Å². The first-order valence-corrected chi connectivity index (χ1v) is 8.50. The molecule has 1 aliphatic rings. The van der Waals surface area contributed by atoms with Crippen molar-refractivity contribution in [2.24, 2.45) is 4.99 Å². The van der Waals surface area contributed by atoms with Gasteiger partial charge in [-0.05, 0) is 43.3 Å². The Morgan fingerprint density at radius 2 is 1.77 bits per heavy atom. The van der Waals surface area contributed by atoms with E-state index in [1.807, 2.05) is 31.2 Å². The van der Waals surface area contributed by atoms with Gasteiger partial charge in [0.15, 0.2) is 0 Å². The molecule has 0 atom stereocenters. The number of amides is 1. The number of nitrogens with zero attached hydrogens (tertiary/aromatic N) is 2. The first kappa shape index (κ1) is 16.4. The summed E-state index contributed by atoms with van der Waals surface area (Å²) in [5.74, 6) is 0.952. The third kappa shape index (κ3) is 3.07. The highest BCUT2D eigenvalue weighted by Gasteiger charge is 2.32. The molecular weight excluding hydrogens is 348 g/mol. The van der Waals surface area contributed by atoms with Crippen molar-refractivity contribution in [3.63, 3.8) is 0 Å². The zero-order valence-corrected chi connectivity index (χ0v) is 14.8. The maximum absolute atomic E-state index is 13.0. The summed E-state index contributed by atoms with van der Waals surface area (Å²) >= 11 is 5.99. The smallest absolute Gasteiger partial charge is 0.282 e. The maximum atomic E-state index is 13.0. The molecule has 1 aromatic heterocycles. The average molecular weight is 363 g/mol. The summed E-state index contributed by atoms with van der Waals surface area (Å²) in [6.45, 7) is 2.02. The van der Waals surface area contributed by atoms with Crippen LogP contribution in [0.3, 0.4) is 0 Å². The highest BCUT2D eigenvalue weighted by Crippen LogP contribution is 2.29. The number of anilines is 1. The number of carbonyl (C=O) groups excluding carboxylic acids is 1. The molecule has 2 aromatic carbocycles. The summed E-state index contributed by atoms with van der Waals surface area (Å²) in [5, 5.41) is 0.612. The highest BCUT2D eigenvalue weighted by molar-refractivity contribution is 6.33. The van der Waals surface area contributed by atoms with Gasteiger partial charge in [-0.2, -0.15) is 0 Å². The zero-order chi connectivity index (χ0) is 18.1. The van der Waals surface area contributed by atoms with Crippen molar-refractivity contribution in [1.29, 1.82) is 0 Å². The van der Waals surface area contributed by atoms with Crippen LogP contribution in [-0.2, 0) is 4.79 Å². The van der Waals surface area contributed by atoms with E-state index in [2.05, 4.69) is 4.99 Å². The van der Waals surface area contributed by atoms with Crippen LogP contribution in [0.2, 0.25) is 5.02 Å². The molecule has 3 aromatic rings. The Hall–Kier alpha value is -3.11. The van der Waals surface area contributed by atoms with Crippen LogP contribution in [0, 0.1) is 6.92 Å². The van der Waals surface area contributed by atoms with Crippen LogP contribution in [-0.4, -0.2) is 11.7 Å². The van der Waals surface area contributed by atoms with Gasteiger partial charge in [0.05, 0.1) is 12.0 Å². The number of aliphatic imine (C=N–C) groups is 1. The van der Waals surface area contributed by atoms with Crippen LogP contribution in [0.15, 0.2) is 82.0 Å². The fourth-order valence-electron chi connectivity index (χ4n) is 2.75. The number of rotatable bonds is 3. The van der Waals surface area contributed by atoms with Gasteiger partial charge in [0.1, 0.15) is 17.3 Å². The number of hydrogen-bond acceptors (Lipinski definition) is 3. The molecule has 0 N–H and O–H groups in total. The van der Waals surface area contributed by atoms with Gasteiger partial charge in [-0.25, -0.2) is 4.99 Å². The van der Waals surface area contributed by atoms with Gasteiger partial charge in [0.25, 0.3) is 5.91 Å². The average Bonchev–Trinajstić information content (AvgIpc) is 3.26. The fraction of sp³-hybridized carbons (Fsp3) is 0.0476. The first-order valence-electron chi connectivity index (χ1n) is 8.13. The second-order valence-electron chi connectivity index (χ2n) is 5.96. The highest BCUT2D eigenvalue weighted by atomic mass is 35.5. The molecule has 26 heavy (non-hydrogen) atoms. The number of halogens is 1. The van der Waals surface area contributed by atoms with E-state index < -0.39 is 0 Å². The summed E-state index contributed by atoms with van der Waals surface area (Å²) in [6.07, 6.45) is 3.21. The summed E-state index contributed by atoms with van der Waals surface area (Å²) in [7, 11) is 0. The number of benzene rings is 2. The molecule has 0 spiro atoms. The lowest BCUT2D eigenvalue weighted by Gasteiger charge is -2.18. The molecule has 4 nitrogen and oxygen atoms in total. The van der Waals surface area contributed by atoms with Crippen molar-refractivity contribution in [1.82, 2.24) is 0 Å². The Morgan fingerprint density at radius 3 is 2.42 bits per heavy atom. The predicted molar refractivity (Wildman–Crippen MR) is 103 cm³/mol. The van der Waals surface area contributed by atoms with Gasteiger partial charge in [0.2, 0.25) is 0 Å². The second kappa shape index (κ2) is 6.65. The van der Waals surface area contributed by atoms with Crippen molar-refractivity contribution in [2.45, 2.75) is 6.92 Å². The standard InChI is InChI=1S/C21H15ClN2O2/c1-14-4-6-15(7-5-14)20-23-19(13-18-3-2-12-26-18)21(25)24(20)17-10-8-16(22)9-11-17/h2-13H,1H3/b19-13+. The molecule has 4 rings (SSSR count). The van der Waals surface area contributed by atoms with Crippen molar-refractivity contribution in [2.75, 3.05) is 4.90 Å². The lowest BCUT2D eigenvalue weighted by Crippen LogP contribution is -2.32. The Balaban J connectivity index is 1.82. The molecule has 0 radical (unpaired) electrons. The van der Waals surface area contributed by atoms with Crippen molar-refractivity contribution in [3.8, 4) is 0 Å². The molecule has 0 bridgehead atoms. The molecule has 1 amide bonds. The first-order chi connectivity index (χ1) is 12.6. The monoisotopic (exact) mass is 362 g/mol. The lowest BCUT2D eigenvalue weighted by atomic mass is 10.1. The quantitative estimate of drug-likeness (QED) is 0.610. The van der Waals surface area contributed by atoms with E-state index in [0.717, 1.165) is 11.1 Å². The third-order valence-corrected chi connectivity index (χ3v) is 4.33. The van der Waals surface area contributed by atoms with Gasteiger partial charge in [0, 0.05) is 16.7 Å². The van der Waals surface area contributed by atoms with E-state index in [4.69, 9.17) is 16.0 Å². The van der Waals surface area contributed by atoms with Gasteiger partial charge in [-0.15, -0.1) is 0 Å². The Labute approximate surface area is 156 Å². The summed E-state index contributed by atoms with van der Waals surface area (Å²) in [6, 6.07) is 18.6. The fourth-order valence-corrected chi connectivity index (χ4v) is 2.88. The van der Waals surface area contributed by atoms with Crippen LogP contribution < -0.4 is 4.90 Å². The van der Waals surface area contributed by atoms with Crippen molar-refractivity contribution in [3.05, 3.63) is 94.5 Å². The van der Waals surface area contributed by atoms with Crippen LogP contribution in [0.4, 0.5) is 5.69 Å². The van der Waals surface area contributed by atoms with E-state index in [9.17, 15) is 4.79 Å². The van der Waals surface area contributed by atoms with Crippen molar-refractivity contribution >= 4 is 35.1 Å². The number of aryl methyl sites for hydroxylation is 1. The Bertz CT molecular complexity index is 1000. The number of furan rings is 1. The molecule has 0 aliphatic carbocycles. The topological polar surface area (TPSA) is 45.8 Å². The van der Waals surface area contributed by atoms with E-state index in [-0.39, 0.29) is 5.91 Å². The minimum absolute atomic E-state index is 0.209. The van der Waals surface area contributed by atoms with Gasteiger partial charge >= 0.3 is 0 Å². The summed E-state index contributed by atoms with van der Waals surface area (Å²) in [5.41, 5.74) is 3.04. The Kier molecular flexibility index (Phi) is 4.19. The molecular formula is C21H15ClN2O2. The van der Waals surface area contributed by atoms with E-state index in [1.165, 1.54) is 0 Å². The zero-order valence-electron chi connectivity index (χ0n) is 14.0. The SMILES string of the molecule is Cc1ccc(C2=N/C(=C/c3ccco3)C(=O)N2c2ccc(Cl)cc2)cc1. The molecule has 0 fully saturated rings. The van der Waals surface area contributed by atoms with E-state index >= 15 is 0 Å². The molecule has 0 saturated carbocycles. The van der Waals surface area contributed by atoms with E-state index in [0.29, 0.717) is 28.0 Å². The minimum atomic E-state index is -0.209. The van der Waals surface area contributed by atoms with E-state index in [1.54, 1.807) is 53.6 Å². The second-order valence-corrected chi connectivity index (χ2v) is 6.40. The van der Waals surface area contributed by atoms with Crippen LogP contribution in [0.1, 0.15) is 16.9 Å². The Morgan fingerprint density at radius 1 is 1.04 bits per heavy atom.